The van der Waals surface area contributed by atoms with Gasteiger partial charge >= 0.3 is 12.1 Å². The van der Waals surface area contributed by atoms with Crippen molar-refractivity contribution >= 4 is 12.1 Å². The summed E-state index contributed by atoms with van der Waals surface area (Å²) >= 11 is 0. The third-order valence-electron chi connectivity index (χ3n) is 6.19. The predicted molar refractivity (Wildman–Crippen MR) is 124 cm³/mol. The zero-order valence-electron chi connectivity index (χ0n) is 20.2. The van der Waals surface area contributed by atoms with Crippen LogP contribution in [0.15, 0.2) is 24.3 Å². The first-order chi connectivity index (χ1) is 15.1. The molecule has 1 saturated carbocycles. The molecule has 7 nitrogen and oxygen atoms in total. The Labute approximate surface area is 192 Å². The SMILES string of the molecule is COC(=O)CC(CNC(=O)Oc1cccc([C@@]2(O)CCCC[C@@H]2CN(C)C)c1)CC(C)C. The number of benzene rings is 1. The number of esters is 1. The molecule has 0 heterocycles. The Bertz CT molecular complexity index is 752. The number of methoxy groups -OCH3 is 1. The van der Waals surface area contributed by atoms with Gasteiger partial charge in [0.1, 0.15) is 5.75 Å². The normalized spacial score (nSPS) is 21.9. The number of hydrogen-bond acceptors (Lipinski definition) is 6. The molecule has 1 fully saturated rings. The largest absolute Gasteiger partial charge is 0.469 e. The van der Waals surface area contributed by atoms with Crippen LogP contribution < -0.4 is 10.1 Å². The highest BCUT2D eigenvalue weighted by Gasteiger charge is 2.40. The number of aliphatic hydroxyl groups is 1. The molecule has 1 unspecified atom stereocenters. The molecule has 0 aromatic heterocycles. The summed E-state index contributed by atoms with van der Waals surface area (Å²) in [4.78, 5) is 26.2. The monoisotopic (exact) mass is 448 g/mol. The molecule has 2 rings (SSSR count). The average molecular weight is 449 g/mol. The van der Waals surface area contributed by atoms with Crippen LogP contribution >= 0.6 is 0 Å². The highest BCUT2D eigenvalue weighted by atomic mass is 16.6. The number of ether oxygens (including phenoxy) is 2. The number of rotatable bonds is 10. The zero-order valence-corrected chi connectivity index (χ0v) is 20.2. The van der Waals surface area contributed by atoms with E-state index in [1.807, 2.05) is 26.2 Å². The van der Waals surface area contributed by atoms with Crippen molar-refractivity contribution < 1.29 is 24.2 Å². The standard InChI is InChI=1S/C25H40N2O5/c1-18(2)13-19(14-23(28)31-5)16-26-24(29)32-22-11-8-10-20(15-22)25(30)12-7-6-9-21(25)17-27(3)4/h8,10-11,15,18-19,21,30H,6-7,9,12-14,16-17H2,1-5H3,(H,26,29)/t19?,21-,25+/m1/s1. The molecule has 180 valence electrons. The van der Waals surface area contributed by atoms with Crippen LogP contribution in [-0.4, -0.2) is 56.4 Å². The van der Waals surface area contributed by atoms with Gasteiger partial charge in [0.2, 0.25) is 0 Å². The van der Waals surface area contributed by atoms with Gasteiger partial charge < -0.3 is 24.8 Å². The lowest BCUT2D eigenvalue weighted by molar-refractivity contribution is -0.141. The van der Waals surface area contributed by atoms with Crippen LogP contribution in [0.1, 0.15) is 57.9 Å². The molecule has 2 N–H and O–H groups in total. The first kappa shape index (κ1) is 26.1. The minimum atomic E-state index is -0.929. The smallest absolute Gasteiger partial charge is 0.412 e. The van der Waals surface area contributed by atoms with E-state index >= 15 is 0 Å². The number of hydrogen-bond donors (Lipinski definition) is 2. The van der Waals surface area contributed by atoms with Gasteiger partial charge in [-0.2, -0.15) is 0 Å². The van der Waals surface area contributed by atoms with Gasteiger partial charge in [-0.3, -0.25) is 4.79 Å². The number of nitrogens with one attached hydrogen (secondary N) is 1. The van der Waals surface area contributed by atoms with E-state index in [1.54, 1.807) is 12.1 Å². The number of carbonyl (C=O) groups excluding carboxylic acids is 2. The Morgan fingerprint density at radius 1 is 1.28 bits per heavy atom. The lowest BCUT2D eigenvalue weighted by Crippen LogP contribution is -2.43. The first-order valence-corrected chi connectivity index (χ1v) is 11.6. The van der Waals surface area contributed by atoms with Crippen LogP contribution in [0.5, 0.6) is 5.75 Å². The fourth-order valence-electron chi connectivity index (χ4n) is 4.72. The molecule has 0 radical (unpaired) electrons. The quantitative estimate of drug-likeness (QED) is 0.527. The van der Waals surface area contributed by atoms with Crippen LogP contribution in [-0.2, 0) is 15.1 Å². The number of nitrogens with zero attached hydrogens (tertiary/aromatic N) is 1. The second-order valence-corrected chi connectivity index (χ2v) is 9.70. The zero-order chi connectivity index (χ0) is 23.7. The molecule has 0 saturated heterocycles. The summed E-state index contributed by atoms with van der Waals surface area (Å²) < 4.78 is 10.3. The molecule has 3 atom stereocenters. The summed E-state index contributed by atoms with van der Waals surface area (Å²) in [6.45, 7) is 5.29. The van der Waals surface area contributed by atoms with Crippen molar-refractivity contribution in [3.8, 4) is 5.75 Å². The maximum atomic E-state index is 12.4. The van der Waals surface area contributed by atoms with Gasteiger partial charge in [0.05, 0.1) is 19.1 Å². The Morgan fingerprint density at radius 2 is 2.03 bits per heavy atom. The molecule has 1 amide bonds. The van der Waals surface area contributed by atoms with Crippen molar-refractivity contribution in [2.45, 2.75) is 58.0 Å². The average Bonchev–Trinajstić information content (AvgIpc) is 2.73. The van der Waals surface area contributed by atoms with Crippen LogP contribution in [0, 0.1) is 17.8 Å². The highest BCUT2D eigenvalue weighted by molar-refractivity contribution is 5.71. The lowest BCUT2D eigenvalue weighted by atomic mass is 9.71. The van der Waals surface area contributed by atoms with Gasteiger partial charge in [-0.15, -0.1) is 0 Å². The lowest BCUT2D eigenvalue weighted by Gasteiger charge is -2.41. The molecular formula is C25H40N2O5. The van der Waals surface area contributed by atoms with Crippen molar-refractivity contribution in [3.05, 3.63) is 29.8 Å². The Hall–Kier alpha value is -2.12. The summed E-state index contributed by atoms with van der Waals surface area (Å²) in [7, 11) is 5.41. The molecule has 1 aliphatic rings. The maximum Gasteiger partial charge on any atom is 0.412 e. The number of amides is 1. The van der Waals surface area contributed by atoms with Crippen molar-refractivity contribution in [2.24, 2.45) is 17.8 Å². The van der Waals surface area contributed by atoms with Gasteiger partial charge in [0.15, 0.2) is 0 Å². The summed E-state index contributed by atoms with van der Waals surface area (Å²) in [5.74, 6) is 0.620. The van der Waals surface area contributed by atoms with Gasteiger partial charge in [-0.1, -0.05) is 38.8 Å². The highest BCUT2D eigenvalue weighted by Crippen LogP contribution is 2.42. The summed E-state index contributed by atoms with van der Waals surface area (Å²) in [5.41, 5.74) is -0.140. The molecule has 1 aromatic rings. The maximum absolute atomic E-state index is 12.4. The molecule has 32 heavy (non-hydrogen) atoms. The van der Waals surface area contributed by atoms with Crippen LogP contribution in [0.25, 0.3) is 0 Å². The van der Waals surface area contributed by atoms with Crippen molar-refractivity contribution in [1.82, 2.24) is 10.2 Å². The van der Waals surface area contributed by atoms with Crippen molar-refractivity contribution in [2.75, 3.05) is 34.3 Å². The fourth-order valence-corrected chi connectivity index (χ4v) is 4.72. The van der Waals surface area contributed by atoms with Gasteiger partial charge in [0.25, 0.3) is 0 Å². The Kier molecular flexibility index (Phi) is 9.97. The van der Waals surface area contributed by atoms with Gasteiger partial charge in [0, 0.05) is 19.0 Å². The third-order valence-corrected chi connectivity index (χ3v) is 6.19. The minimum Gasteiger partial charge on any atom is -0.469 e. The molecule has 7 heteroatoms. The Balaban J connectivity index is 2.03. The molecule has 0 aliphatic heterocycles. The Morgan fingerprint density at radius 3 is 2.69 bits per heavy atom. The topological polar surface area (TPSA) is 88.1 Å². The second-order valence-electron chi connectivity index (χ2n) is 9.70. The van der Waals surface area contributed by atoms with Gasteiger partial charge in [-0.05, 0) is 62.9 Å². The van der Waals surface area contributed by atoms with Crippen LogP contribution in [0.3, 0.4) is 0 Å². The van der Waals surface area contributed by atoms with E-state index in [4.69, 9.17) is 9.47 Å². The predicted octanol–water partition coefficient (Wildman–Crippen LogP) is 3.94. The van der Waals surface area contributed by atoms with E-state index in [0.29, 0.717) is 24.6 Å². The van der Waals surface area contributed by atoms with Crippen molar-refractivity contribution in [1.29, 1.82) is 0 Å². The van der Waals surface area contributed by atoms with E-state index in [0.717, 1.165) is 37.8 Å². The first-order valence-electron chi connectivity index (χ1n) is 11.6. The molecule has 1 aliphatic carbocycles. The summed E-state index contributed by atoms with van der Waals surface area (Å²) in [6.07, 6.45) is 4.24. The van der Waals surface area contributed by atoms with Crippen LogP contribution in [0.2, 0.25) is 0 Å². The van der Waals surface area contributed by atoms with E-state index in [9.17, 15) is 14.7 Å². The fraction of sp³-hybridized carbons (Fsp3) is 0.680. The van der Waals surface area contributed by atoms with E-state index in [-0.39, 0.29) is 24.2 Å². The summed E-state index contributed by atoms with van der Waals surface area (Å²) in [5, 5.41) is 14.3. The van der Waals surface area contributed by atoms with E-state index in [2.05, 4.69) is 24.1 Å². The third kappa shape index (κ3) is 7.78. The molecule has 0 bridgehead atoms. The van der Waals surface area contributed by atoms with Gasteiger partial charge in [-0.25, -0.2) is 4.79 Å². The van der Waals surface area contributed by atoms with E-state index in [1.165, 1.54) is 7.11 Å². The van der Waals surface area contributed by atoms with Crippen LogP contribution in [0.4, 0.5) is 4.79 Å². The summed E-state index contributed by atoms with van der Waals surface area (Å²) in [6, 6.07) is 7.22. The second kappa shape index (κ2) is 12.2. The molecule has 1 aromatic carbocycles. The molecular weight excluding hydrogens is 408 g/mol. The minimum absolute atomic E-state index is 0.0175. The van der Waals surface area contributed by atoms with E-state index < -0.39 is 11.7 Å². The molecule has 0 spiro atoms. The number of carbonyl (C=O) groups is 2. The van der Waals surface area contributed by atoms with Crippen molar-refractivity contribution in [3.63, 3.8) is 0 Å².